The smallest absolute Gasteiger partial charge is 0.227 e. The molecule has 6 heteroatoms. The summed E-state index contributed by atoms with van der Waals surface area (Å²) in [6.45, 7) is 3.90. The van der Waals surface area contributed by atoms with Gasteiger partial charge >= 0.3 is 0 Å². The lowest BCUT2D eigenvalue weighted by Gasteiger charge is -2.26. The number of nitrogens with one attached hydrogen (secondary N) is 1. The molecule has 0 aliphatic carbocycles. The molecule has 4 rings (SSSR count). The number of aromatic nitrogens is 2. The number of fused-ring (bicyclic) bond motifs is 1. The van der Waals surface area contributed by atoms with Gasteiger partial charge in [0.1, 0.15) is 5.82 Å². The predicted molar refractivity (Wildman–Crippen MR) is 86.1 cm³/mol. The van der Waals surface area contributed by atoms with Gasteiger partial charge in [-0.15, -0.1) is 0 Å². The summed E-state index contributed by atoms with van der Waals surface area (Å²) in [6.07, 6.45) is 3.70. The van der Waals surface area contributed by atoms with Gasteiger partial charge in [-0.1, -0.05) is 6.07 Å². The van der Waals surface area contributed by atoms with Gasteiger partial charge in [0.15, 0.2) is 0 Å². The van der Waals surface area contributed by atoms with Crippen molar-refractivity contribution in [1.29, 1.82) is 0 Å². The fourth-order valence-corrected chi connectivity index (χ4v) is 2.66. The minimum Gasteiger partial charge on any atom is -0.378 e. The van der Waals surface area contributed by atoms with Crippen molar-refractivity contribution >= 4 is 23.7 Å². The summed E-state index contributed by atoms with van der Waals surface area (Å²) < 4.78 is 5.36. The number of rotatable bonds is 3. The molecule has 0 saturated carbocycles. The second-order valence-corrected chi connectivity index (χ2v) is 5.35. The molecule has 6 nitrogen and oxygen atoms in total. The number of morpholine rings is 1. The van der Waals surface area contributed by atoms with Crippen molar-refractivity contribution in [1.82, 2.24) is 9.97 Å². The highest BCUT2D eigenvalue weighted by Gasteiger charge is 2.14. The molecule has 1 N–H and O–H groups in total. The number of ether oxygens (including phenoxy) is 1. The summed E-state index contributed by atoms with van der Waals surface area (Å²) >= 11 is 0. The van der Waals surface area contributed by atoms with Crippen LogP contribution in [0, 0.1) is 0 Å². The molecule has 22 heavy (non-hydrogen) atoms. The van der Waals surface area contributed by atoms with Gasteiger partial charge in [0, 0.05) is 31.2 Å². The highest BCUT2D eigenvalue weighted by atomic mass is 16.5. The maximum absolute atomic E-state index is 5.36. The lowest BCUT2D eigenvalue weighted by Crippen LogP contribution is -2.37. The second kappa shape index (κ2) is 5.73. The van der Waals surface area contributed by atoms with Crippen LogP contribution in [0.5, 0.6) is 0 Å². The van der Waals surface area contributed by atoms with Crippen molar-refractivity contribution in [2.24, 2.45) is 4.99 Å². The van der Waals surface area contributed by atoms with Crippen LogP contribution in [0.25, 0.3) is 0 Å². The Morgan fingerprint density at radius 3 is 2.95 bits per heavy atom. The van der Waals surface area contributed by atoms with Crippen LogP contribution in [0.15, 0.2) is 35.5 Å². The Bertz CT molecular complexity index is 709. The van der Waals surface area contributed by atoms with Crippen LogP contribution in [0.2, 0.25) is 0 Å². The van der Waals surface area contributed by atoms with E-state index in [0.717, 1.165) is 50.3 Å². The van der Waals surface area contributed by atoms with E-state index in [1.54, 1.807) is 6.20 Å². The molecule has 1 saturated heterocycles. The molecule has 0 bridgehead atoms. The lowest BCUT2D eigenvalue weighted by atomic mass is 10.1. The monoisotopic (exact) mass is 295 g/mol. The molecule has 2 aromatic rings. The molecule has 0 atom stereocenters. The third-order valence-corrected chi connectivity index (χ3v) is 3.85. The van der Waals surface area contributed by atoms with Crippen molar-refractivity contribution in [2.75, 3.05) is 36.5 Å². The Kier molecular flexibility index (Phi) is 3.44. The number of benzene rings is 1. The number of hydrogen-bond acceptors (Lipinski definition) is 6. The Morgan fingerprint density at radius 2 is 2.05 bits per heavy atom. The first-order chi connectivity index (χ1) is 10.9. The van der Waals surface area contributed by atoms with Crippen LogP contribution in [0.3, 0.4) is 0 Å². The van der Waals surface area contributed by atoms with Crippen LogP contribution in [0.1, 0.15) is 11.1 Å². The van der Waals surface area contributed by atoms with Crippen LogP contribution >= 0.6 is 0 Å². The fraction of sp³-hybridized carbons (Fsp3) is 0.312. The van der Waals surface area contributed by atoms with E-state index >= 15 is 0 Å². The molecule has 0 amide bonds. The summed E-state index contributed by atoms with van der Waals surface area (Å²) in [5.41, 5.74) is 3.45. The zero-order valence-corrected chi connectivity index (χ0v) is 12.2. The Balaban J connectivity index is 1.54. The van der Waals surface area contributed by atoms with E-state index in [4.69, 9.17) is 4.74 Å². The van der Waals surface area contributed by atoms with Crippen LogP contribution in [-0.2, 0) is 11.3 Å². The molecular weight excluding hydrogens is 278 g/mol. The summed E-state index contributed by atoms with van der Waals surface area (Å²) in [4.78, 5) is 15.4. The first kappa shape index (κ1) is 13.2. The first-order valence-electron chi connectivity index (χ1n) is 7.44. The Hall–Kier alpha value is -2.47. The SMILES string of the molecule is C1=NCc2ccc(Nc3ccnc(N4CCOCC4)n3)cc21. The average molecular weight is 295 g/mol. The quantitative estimate of drug-likeness (QED) is 0.938. The minimum absolute atomic E-state index is 0.727. The van der Waals surface area contributed by atoms with Gasteiger partial charge in [-0.25, -0.2) is 4.98 Å². The molecule has 0 radical (unpaired) electrons. The van der Waals surface area contributed by atoms with Gasteiger partial charge < -0.3 is 15.0 Å². The van der Waals surface area contributed by atoms with Crippen molar-refractivity contribution in [3.8, 4) is 0 Å². The molecule has 1 fully saturated rings. The third kappa shape index (κ3) is 2.65. The van der Waals surface area contributed by atoms with Crippen molar-refractivity contribution in [3.05, 3.63) is 41.6 Å². The Morgan fingerprint density at radius 1 is 1.14 bits per heavy atom. The van der Waals surface area contributed by atoms with E-state index in [-0.39, 0.29) is 0 Å². The van der Waals surface area contributed by atoms with Gasteiger partial charge in [-0.2, -0.15) is 4.98 Å². The molecule has 112 valence electrons. The maximum atomic E-state index is 5.36. The predicted octanol–water partition coefficient (Wildman–Crippen LogP) is 1.99. The fourth-order valence-electron chi connectivity index (χ4n) is 2.66. The number of aliphatic imine (C=N–C) groups is 1. The number of anilines is 3. The van der Waals surface area contributed by atoms with Gasteiger partial charge in [-0.05, 0) is 29.3 Å². The normalized spacial score (nSPS) is 16.6. The number of hydrogen-bond donors (Lipinski definition) is 1. The molecule has 3 heterocycles. The maximum Gasteiger partial charge on any atom is 0.227 e. The second-order valence-electron chi connectivity index (χ2n) is 5.35. The summed E-state index contributed by atoms with van der Waals surface area (Å²) in [5, 5.41) is 3.34. The summed E-state index contributed by atoms with van der Waals surface area (Å²) in [7, 11) is 0. The highest BCUT2D eigenvalue weighted by Crippen LogP contribution is 2.22. The molecule has 0 spiro atoms. The third-order valence-electron chi connectivity index (χ3n) is 3.85. The van der Waals surface area contributed by atoms with E-state index in [2.05, 4.69) is 43.4 Å². The molecule has 2 aliphatic heterocycles. The van der Waals surface area contributed by atoms with E-state index in [1.807, 2.05) is 12.3 Å². The largest absolute Gasteiger partial charge is 0.378 e. The van der Waals surface area contributed by atoms with Crippen LogP contribution < -0.4 is 10.2 Å². The standard InChI is InChI=1S/C16H17N5O/c1-2-14(9-13-11-17-10-12(1)13)19-15-3-4-18-16(20-15)21-5-7-22-8-6-21/h1-4,9,11H,5-8,10H2,(H,18,19,20). The molecule has 1 aromatic heterocycles. The van der Waals surface area contributed by atoms with E-state index in [9.17, 15) is 0 Å². The molecule has 2 aliphatic rings. The van der Waals surface area contributed by atoms with Gasteiger partial charge in [0.25, 0.3) is 0 Å². The van der Waals surface area contributed by atoms with Gasteiger partial charge in [0.05, 0.1) is 19.8 Å². The van der Waals surface area contributed by atoms with E-state index in [1.165, 1.54) is 11.1 Å². The summed E-state index contributed by atoms with van der Waals surface area (Å²) in [6, 6.07) is 8.15. The Labute approximate surface area is 128 Å². The molecular formula is C16H17N5O. The van der Waals surface area contributed by atoms with E-state index < -0.39 is 0 Å². The van der Waals surface area contributed by atoms with Crippen molar-refractivity contribution in [2.45, 2.75) is 6.54 Å². The first-order valence-corrected chi connectivity index (χ1v) is 7.44. The van der Waals surface area contributed by atoms with Gasteiger partial charge in [0.2, 0.25) is 5.95 Å². The van der Waals surface area contributed by atoms with Crippen LogP contribution in [-0.4, -0.2) is 42.5 Å². The topological polar surface area (TPSA) is 62.6 Å². The van der Waals surface area contributed by atoms with E-state index in [0.29, 0.717) is 0 Å². The molecule has 1 aromatic carbocycles. The van der Waals surface area contributed by atoms with Crippen LogP contribution in [0.4, 0.5) is 17.5 Å². The lowest BCUT2D eigenvalue weighted by molar-refractivity contribution is 0.122. The number of nitrogens with zero attached hydrogens (tertiary/aromatic N) is 4. The minimum atomic E-state index is 0.727. The van der Waals surface area contributed by atoms with Crippen molar-refractivity contribution < 1.29 is 4.74 Å². The summed E-state index contributed by atoms with van der Waals surface area (Å²) in [5.74, 6) is 1.54. The molecule has 0 unspecified atom stereocenters. The zero-order chi connectivity index (χ0) is 14.8. The highest BCUT2D eigenvalue weighted by molar-refractivity contribution is 5.86. The van der Waals surface area contributed by atoms with Crippen molar-refractivity contribution in [3.63, 3.8) is 0 Å². The zero-order valence-electron chi connectivity index (χ0n) is 12.2. The van der Waals surface area contributed by atoms with Gasteiger partial charge in [-0.3, -0.25) is 4.99 Å². The average Bonchev–Trinajstić information content (AvgIpc) is 3.04.